The molecule has 6 fully saturated rings. The Balaban J connectivity index is 1.32. The molecule has 4 aliphatic carbocycles. The topological polar surface area (TPSA) is 63.9 Å². The number of hydrogen-bond acceptors (Lipinski definition) is 4. The molecule has 4 saturated carbocycles. The molecule has 3 N–H and O–H groups in total. The molecule has 0 radical (unpaired) electrons. The average Bonchev–Trinajstić information content (AvgIpc) is 3.03. The van der Waals surface area contributed by atoms with Crippen LogP contribution in [0, 0.1) is 46.8 Å². The van der Waals surface area contributed by atoms with E-state index in [1.807, 2.05) is 0 Å². The van der Waals surface area contributed by atoms with Crippen LogP contribution in [0.15, 0.2) is 0 Å². The monoisotopic (exact) mass is 417 g/mol. The first-order valence-corrected chi connectivity index (χ1v) is 13.2. The van der Waals surface area contributed by atoms with Gasteiger partial charge in [0.1, 0.15) is 0 Å². The van der Waals surface area contributed by atoms with Gasteiger partial charge in [-0.05, 0) is 111 Å². The van der Waals surface area contributed by atoms with Gasteiger partial charge in [0.15, 0.2) is 0 Å². The molecule has 12 unspecified atom stereocenters. The summed E-state index contributed by atoms with van der Waals surface area (Å²) in [4.78, 5) is 2.79. The molecule has 0 spiro atoms. The first kappa shape index (κ1) is 20.4. The van der Waals surface area contributed by atoms with E-state index < -0.39 is 5.60 Å². The largest absolute Gasteiger partial charge is 0.393 e. The van der Waals surface area contributed by atoms with Crippen molar-refractivity contribution in [1.82, 2.24) is 4.90 Å². The van der Waals surface area contributed by atoms with E-state index in [0.29, 0.717) is 17.8 Å². The Bertz CT molecular complexity index is 685. The van der Waals surface area contributed by atoms with E-state index >= 15 is 0 Å². The molecule has 0 aromatic heterocycles. The van der Waals surface area contributed by atoms with Gasteiger partial charge in [-0.3, -0.25) is 4.90 Å². The highest BCUT2D eigenvalue weighted by molar-refractivity contribution is 5.17. The molecule has 0 aromatic carbocycles. The second-order valence-electron chi connectivity index (χ2n) is 12.7. The Hall–Kier alpha value is -0.160. The lowest BCUT2D eigenvalue weighted by Gasteiger charge is -2.58. The summed E-state index contributed by atoms with van der Waals surface area (Å²) in [5.74, 6) is 3.55. The molecule has 2 heterocycles. The third-order valence-corrected chi connectivity index (χ3v) is 11.8. The van der Waals surface area contributed by atoms with Gasteiger partial charge in [0, 0.05) is 12.6 Å². The van der Waals surface area contributed by atoms with Gasteiger partial charge in [-0.2, -0.15) is 0 Å². The van der Waals surface area contributed by atoms with Crippen molar-refractivity contribution in [2.75, 3.05) is 13.1 Å². The predicted molar refractivity (Wildman–Crippen MR) is 117 cm³/mol. The fourth-order valence-electron chi connectivity index (χ4n) is 10.3. The first-order valence-electron chi connectivity index (χ1n) is 13.2. The van der Waals surface area contributed by atoms with E-state index in [-0.39, 0.29) is 29.5 Å². The fourth-order valence-corrected chi connectivity index (χ4v) is 10.3. The van der Waals surface area contributed by atoms with E-state index in [0.717, 1.165) is 56.4 Å². The quantitative estimate of drug-likeness (QED) is 0.565. The number of aliphatic hydroxyl groups is 3. The number of aliphatic hydroxyl groups excluding tert-OH is 2. The second-order valence-corrected chi connectivity index (χ2v) is 12.7. The Morgan fingerprint density at radius 2 is 1.67 bits per heavy atom. The van der Waals surface area contributed by atoms with Gasteiger partial charge in [-0.15, -0.1) is 0 Å². The molecule has 0 aromatic rings. The van der Waals surface area contributed by atoms with Gasteiger partial charge >= 0.3 is 0 Å². The van der Waals surface area contributed by atoms with Gasteiger partial charge in [-0.25, -0.2) is 0 Å². The maximum atomic E-state index is 12.2. The van der Waals surface area contributed by atoms with Crippen molar-refractivity contribution in [3.8, 4) is 0 Å². The number of rotatable bonds is 0. The summed E-state index contributed by atoms with van der Waals surface area (Å²) in [6.45, 7) is 7.36. The van der Waals surface area contributed by atoms with Crippen molar-refractivity contribution in [1.29, 1.82) is 0 Å². The highest BCUT2D eigenvalue weighted by atomic mass is 16.3. The van der Waals surface area contributed by atoms with Gasteiger partial charge in [0.05, 0.1) is 17.8 Å². The average molecular weight is 418 g/mol. The van der Waals surface area contributed by atoms with Crippen molar-refractivity contribution >= 4 is 0 Å². The molecular formula is C26H43NO3. The molecule has 0 amide bonds. The Morgan fingerprint density at radius 3 is 2.50 bits per heavy atom. The van der Waals surface area contributed by atoms with Crippen LogP contribution in [0.1, 0.15) is 78.1 Å². The van der Waals surface area contributed by atoms with Crippen LogP contribution in [-0.4, -0.2) is 57.2 Å². The fraction of sp³-hybridized carbons (Fsp3) is 1.00. The van der Waals surface area contributed by atoms with Crippen molar-refractivity contribution in [3.63, 3.8) is 0 Å². The number of nitrogens with zero attached hydrogens (tertiary/aromatic N) is 1. The van der Waals surface area contributed by atoms with Crippen molar-refractivity contribution in [2.45, 2.75) is 102 Å². The molecule has 2 saturated heterocycles. The third kappa shape index (κ3) is 2.66. The van der Waals surface area contributed by atoms with E-state index in [1.165, 1.54) is 38.8 Å². The molecule has 170 valence electrons. The van der Waals surface area contributed by atoms with E-state index in [1.54, 1.807) is 0 Å². The molecule has 2 aliphatic heterocycles. The van der Waals surface area contributed by atoms with Gasteiger partial charge in [0.2, 0.25) is 0 Å². The molecule has 4 nitrogen and oxygen atoms in total. The van der Waals surface area contributed by atoms with E-state index in [4.69, 9.17) is 0 Å². The zero-order chi connectivity index (χ0) is 20.8. The Morgan fingerprint density at radius 1 is 0.833 bits per heavy atom. The summed E-state index contributed by atoms with van der Waals surface area (Å²) in [7, 11) is 0. The normalized spacial score (nSPS) is 60.7. The molecule has 6 aliphatic rings. The van der Waals surface area contributed by atoms with E-state index in [9.17, 15) is 15.3 Å². The van der Waals surface area contributed by atoms with Crippen LogP contribution in [0.3, 0.4) is 0 Å². The molecule has 6 rings (SSSR count). The summed E-state index contributed by atoms with van der Waals surface area (Å²) in [6.07, 6.45) is 10.2. The summed E-state index contributed by atoms with van der Waals surface area (Å²) >= 11 is 0. The third-order valence-electron chi connectivity index (χ3n) is 11.8. The molecule has 12 atom stereocenters. The standard InChI is InChI=1S/C26H43NO3/c1-15-17-7-9-26(30)19(18(17)14-27-10-4-3-5-23(15)27)12-20-21(26)13-24(29)22-11-16(28)6-8-25(20,22)2/h15-24,28-30H,3-14H2,1-2H3. The molecule has 0 bridgehead atoms. The van der Waals surface area contributed by atoms with Crippen molar-refractivity contribution < 1.29 is 15.3 Å². The molecular weight excluding hydrogens is 374 g/mol. The van der Waals surface area contributed by atoms with E-state index in [2.05, 4.69) is 18.7 Å². The van der Waals surface area contributed by atoms with Crippen LogP contribution in [0.4, 0.5) is 0 Å². The van der Waals surface area contributed by atoms with Crippen LogP contribution in [-0.2, 0) is 0 Å². The zero-order valence-corrected chi connectivity index (χ0v) is 19.0. The Kier molecular flexibility index (Phi) is 4.72. The minimum absolute atomic E-state index is 0.0814. The second kappa shape index (κ2) is 6.92. The lowest BCUT2D eigenvalue weighted by Crippen LogP contribution is -2.61. The molecule has 30 heavy (non-hydrogen) atoms. The maximum absolute atomic E-state index is 12.2. The smallest absolute Gasteiger partial charge is 0.0711 e. The predicted octanol–water partition coefficient (Wildman–Crippen LogP) is 3.43. The van der Waals surface area contributed by atoms with Gasteiger partial charge in [-0.1, -0.05) is 20.3 Å². The van der Waals surface area contributed by atoms with Crippen LogP contribution < -0.4 is 0 Å². The summed E-state index contributed by atoms with van der Waals surface area (Å²) in [5.41, 5.74) is -0.489. The zero-order valence-electron chi connectivity index (χ0n) is 19.0. The Labute approximate surface area is 182 Å². The van der Waals surface area contributed by atoms with Crippen LogP contribution in [0.25, 0.3) is 0 Å². The van der Waals surface area contributed by atoms with Crippen LogP contribution in [0.5, 0.6) is 0 Å². The summed E-state index contributed by atoms with van der Waals surface area (Å²) in [6, 6.07) is 0.776. The summed E-state index contributed by atoms with van der Waals surface area (Å²) < 4.78 is 0. The number of hydrogen-bond donors (Lipinski definition) is 3. The minimum Gasteiger partial charge on any atom is -0.393 e. The summed E-state index contributed by atoms with van der Waals surface area (Å²) in [5, 5.41) is 33.7. The SMILES string of the molecule is CC1C2CCC3(O)C(CC4C3CC(O)C3CC(O)CCC34C)C2CN2CCCCC12. The number of piperidine rings is 2. The van der Waals surface area contributed by atoms with Gasteiger partial charge in [0.25, 0.3) is 0 Å². The van der Waals surface area contributed by atoms with Crippen LogP contribution >= 0.6 is 0 Å². The van der Waals surface area contributed by atoms with Gasteiger partial charge < -0.3 is 15.3 Å². The highest BCUT2D eigenvalue weighted by Gasteiger charge is 2.67. The highest BCUT2D eigenvalue weighted by Crippen LogP contribution is 2.68. The minimum atomic E-state index is -0.570. The lowest BCUT2D eigenvalue weighted by molar-refractivity contribution is -0.175. The first-order chi connectivity index (χ1) is 14.3. The number of fused-ring (bicyclic) bond motifs is 8. The van der Waals surface area contributed by atoms with Crippen LogP contribution in [0.2, 0.25) is 0 Å². The van der Waals surface area contributed by atoms with Crippen molar-refractivity contribution in [2.24, 2.45) is 46.8 Å². The maximum Gasteiger partial charge on any atom is 0.0711 e. The lowest BCUT2D eigenvalue weighted by atomic mass is 9.50. The molecule has 4 heteroatoms. The van der Waals surface area contributed by atoms with Crippen molar-refractivity contribution in [3.05, 3.63) is 0 Å².